The Morgan fingerprint density at radius 2 is 1.64 bits per heavy atom. The Hall–Kier alpha value is -3.11. The Morgan fingerprint density at radius 3 is 2.28 bits per heavy atom. The number of anilines is 1. The molecule has 0 spiro atoms. The summed E-state index contributed by atoms with van der Waals surface area (Å²) >= 11 is 0. The molecule has 2 aromatic rings. The molecule has 0 bridgehead atoms. The van der Waals surface area contributed by atoms with E-state index in [1.54, 1.807) is 54.5 Å². The van der Waals surface area contributed by atoms with E-state index in [1.165, 1.54) is 11.4 Å². The first kappa shape index (κ1) is 26.0. The van der Waals surface area contributed by atoms with Gasteiger partial charge in [0.15, 0.2) is 0 Å². The fraction of sp³-hybridized carbons (Fsp3) is 0.462. The number of amides is 2. The van der Waals surface area contributed by atoms with Gasteiger partial charge in [0, 0.05) is 31.6 Å². The van der Waals surface area contributed by atoms with Crippen LogP contribution in [0.1, 0.15) is 31.2 Å². The number of nitrogens with zero attached hydrogens (tertiary/aromatic N) is 2. The molecule has 4 rings (SSSR count). The van der Waals surface area contributed by atoms with Crippen molar-refractivity contribution in [3.05, 3.63) is 48.0 Å². The Bertz CT molecular complexity index is 1210. The normalized spacial score (nSPS) is 19.2. The Kier molecular flexibility index (Phi) is 7.85. The zero-order chi connectivity index (χ0) is 25.9. The summed E-state index contributed by atoms with van der Waals surface area (Å²) in [5.41, 5.74) is 1.50. The molecule has 2 amide bonds. The minimum atomic E-state index is -3.59. The van der Waals surface area contributed by atoms with Crippen molar-refractivity contribution < 1.29 is 27.5 Å². The first-order chi connectivity index (χ1) is 17.2. The van der Waals surface area contributed by atoms with Crippen molar-refractivity contribution in [2.45, 2.75) is 43.5 Å². The van der Waals surface area contributed by atoms with Gasteiger partial charge in [0.2, 0.25) is 21.8 Å². The molecule has 0 saturated carbocycles. The summed E-state index contributed by atoms with van der Waals surface area (Å²) in [6, 6.07) is 11.4. The maximum absolute atomic E-state index is 13.4. The van der Waals surface area contributed by atoms with Crippen LogP contribution >= 0.6 is 0 Å². The van der Waals surface area contributed by atoms with E-state index in [2.05, 4.69) is 5.32 Å². The number of benzene rings is 2. The molecule has 0 aromatic heterocycles. The van der Waals surface area contributed by atoms with E-state index in [-0.39, 0.29) is 35.7 Å². The zero-order valence-corrected chi connectivity index (χ0v) is 21.7. The maximum Gasteiger partial charge on any atom is 0.247 e. The van der Waals surface area contributed by atoms with Gasteiger partial charge >= 0.3 is 0 Å². The van der Waals surface area contributed by atoms with Crippen molar-refractivity contribution in [3.8, 4) is 11.5 Å². The third-order valence-electron chi connectivity index (χ3n) is 6.97. The van der Waals surface area contributed by atoms with Gasteiger partial charge in [-0.1, -0.05) is 17.7 Å². The number of likely N-dealkylation sites (tertiary alicyclic amines) is 1. The lowest BCUT2D eigenvalue weighted by Gasteiger charge is -2.34. The predicted molar refractivity (Wildman–Crippen MR) is 136 cm³/mol. The third-order valence-corrected chi connectivity index (χ3v) is 8.88. The van der Waals surface area contributed by atoms with Gasteiger partial charge in [-0.3, -0.25) is 9.59 Å². The van der Waals surface area contributed by atoms with E-state index in [4.69, 9.17) is 9.47 Å². The van der Waals surface area contributed by atoms with Crippen molar-refractivity contribution in [1.82, 2.24) is 9.21 Å². The first-order valence-corrected chi connectivity index (χ1v) is 13.6. The lowest BCUT2D eigenvalue weighted by atomic mass is 9.96. The number of carbonyl (C=O) groups is 2. The largest absolute Gasteiger partial charge is 0.497 e. The molecular formula is C26H33N3O6S. The molecule has 2 aromatic carbocycles. The van der Waals surface area contributed by atoms with Crippen LogP contribution in [-0.2, 0) is 19.6 Å². The first-order valence-electron chi connectivity index (χ1n) is 12.1. The fourth-order valence-corrected chi connectivity index (χ4v) is 6.33. The minimum absolute atomic E-state index is 0.0817. The van der Waals surface area contributed by atoms with Crippen LogP contribution in [0.4, 0.5) is 5.69 Å². The number of methoxy groups -OCH3 is 2. The van der Waals surface area contributed by atoms with Crippen LogP contribution in [0.15, 0.2) is 47.4 Å². The molecule has 2 heterocycles. The van der Waals surface area contributed by atoms with Crippen LogP contribution in [0.3, 0.4) is 0 Å². The van der Waals surface area contributed by atoms with E-state index in [0.717, 1.165) is 12.0 Å². The van der Waals surface area contributed by atoms with E-state index in [0.29, 0.717) is 43.0 Å². The summed E-state index contributed by atoms with van der Waals surface area (Å²) in [7, 11) is -0.526. The van der Waals surface area contributed by atoms with Crippen LogP contribution in [0.5, 0.6) is 11.5 Å². The summed E-state index contributed by atoms with van der Waals surface area (Å²) in [6.07, 6.45) is 2.18. The summed E-state index contributed by atoms with van der Waals surface area (Å²) in [6.45, 7) is 2.98. The molecule has 1 atom stereocenters. The van der Waals surface area contributed by atoms with Gasteiger partial charge in [0.25, 0.3) is 0 Å². The van der Waals surface area contributed by atoms with Crippen molar-refractivity contribution in [3.63, 3.8) is 0 Å². The van der Waals surface area contributed by atoms with E-state index >= 15 is 0 Å². The number of carbonyl (C=O) groups excluding carboxylic acids is 2. The molecule has 0 aliphatic carbocycles. The molecule has 36 heavy (non-hydrogen) atoms. The smallest absolute Gasteiger partial charge is 0.247 e. The minimum Gasteiger partial charge on any atom is -0.497 e. The molecule has 1 unspecified atom stereocenters. The average molecular weight is 516 g/mol. The Balaban J connectivity index is 1.39. The summed E-state index contributed by atoms with van der Waals surface area (Å²) in [4.78, 5) is 28.4. The van der Waals surface area contributed by atoms with Crippen molar-refractivity contribution in [2.24, 2.45) is 5.92 Å². The van der Waals surface area contributed by atoms with Crippen LogP contribution in [-0.4, -0.2) is 69.3 Å². The summed E-state index contributed by atoms with van der Waals surface area (Å²) in [5, 5.41) is 2.89. The van der Waals surface area contributed by atoms with Crippen LogP contribution < -0.4 is 14.8 Å². The molecule has 10 heteroatoms. The number of hydrogen-bond donors (Lipinski definition) is 1. The fourth-order valence-electron chi connectivity index (χ4n) is 4.86. The van der Waals surface area contributed by atoms with Crippen LogP contribution in [0, 0.1) is 12.8 Å². The second-order valence-corrected chi connectivity index (χ2v) is 11.2. The molecule has 2 fully saturated rings. The number of piperidine rings is 1. The second-order valence-electron chi connectivity index (χ2n) is 9.24. The Labute approximate surface area is 212 Å². The van der Waals surface area contributed by atoms with Crippen molar-refractivity contribution in [2.75, 3.05) is 39.2 Å². The molecule has 1 N–H and O–H groups in total. The number of nitrogens with one attached hydrogen (secondary N) is 1. The van der Waals surface area contributed by atoms with Crippen molar-refractivity contribution in [1.29, 1.82) is 0 Å². The highest BCUT2D eigenvalue weighted by Gasteiger charge is 2.39. The average Bonchev–Trinajstić information content (AvgIpc) is 3.39. The van der Waals surface area contributed by atoms with Crippen LogP contribution in [0.2, 0.25) is 0 Å². The molecule has 2 aliphatic heterocycles. The molecule has 0 radical (unpaired) electrons. The molecular weight excluding hydrogens is 482 g/mol. The maximum atomic E-state index is 13.4. The summed E-state index contributed by atoms with van der Waals surface area (Å²) < 4.78 is 38.0. The quantitative estimate of drug-likeness (QED) is 0.608. The second kappa shape index (κ2) is 10.9. The van der Waals surface area contributed by atoms with Gasteiger partial charge in [-0.2, -0.15) is 4.31 Å². The van der Waals surface area contributed by atoms with Gasteiger partial charge in [0.05, 0.1) is 24.8 Å². The standard InChI is InChI=1S/C26H33N3O6S/c1-18-6-9-21(10-7-18)36(32,33)28-15-12-19(13-16-28)26(31)29-14-4-5-23(29)25(30)27-22-11-8-20(34-2)17-24(22)35-3/h6-11,17,19,23H,4-5,12-16H2,1-3H3,(H,27,30). The topological polar surface area (TPSA) is 105 Å². The van der Waals surface area contributed by atoms with Gasteiger partial charge in [-0.05, 0) is 56.9 Å². The number of aryl methyl sites for hydroxylation is 1. The number of rotatable bonds is 7. The van der Waals surface area contributed by atoms with E-state index in [1.807, 2.05) is 6.92 Å². The Morgan fingerprint density at radius 1 is 0.944 bits per heavy atom. The van der Waals surface area contributed by atoms with Gasteiger partial charge in [-0.25, -0.2) is 8.42 Å². The monoisotopic (exact) mass is 515 g/mol. The third kappa shape index (κ3) is 5.34. The molecule has 2 saturated heterocycles. The number of sulfonamides is 1. The highest BCUT2D eigenvalue weighted by atomic mass is 32.2. The zero-order valence-electron chi connectivity index (χ0n) is 20.9. The highest BCUT2D eigenvalue weighted by molar-refractivity contribution is 7.89. The number of hydrogen-bond acceptors (Lipinski definition) is 6. The summed E-state index contributed by atoms with van der Waals surface area (Å²) in [5.74, 6) is 0.433. The van der Waals surface area contributed by atoms with Gasteiger partial charge in [0.1, 0.15) is 17.5 Å². The predicted octanol–water partition coefficient (Wildman–Crippen LogP) is 3.04. The highest BCUT2D eigenvalue weighted by Crippen LogP contribution is 2.31. The van der Waals surface area contributed by atoms with Gasteiger partial charge in [-0.15, -0.1) is 0 Å². The SMILES string of the molecule is COc1ccc(NC(=O)C2CCCN2C(=O)C2CCN(S(=O)(=O)c3ccc(C)cc3)CC2)c(OC)c1. The molecule has 9 nitrogen and oxygen atoms in total. The lowest BCUT2D eigenvalue weighted by Crippen LogP contribution is -2.48. The number of ether oxygens (including phenoxy) is 2. The van der Waals surface area contributed by atoms with E-state index < -0.39 is 16.1 Å². The lowest BCUT2D eigenvalue weighted by molar-refractivity contribution is -0.141. The molecule has 2 aliphatic rings. The van der Waals surface area contributed by atoms with Crippen LogP contribution in [0.25, 0.3) is 0 Å². The molecule has 194 valence electrons. The van der Waals surface area contributed by atoms with Crippen molar-refractivity contribution >= 4 is 27.5 Å². The van der Waals surface area contributed by atoms with Gasteiger partial charge < -0.3 is 19.7 Å². The van der Waals surface area contributed by atoms with E-state index in [9.17, 15) is 18.0 Å².